The van der Waals surface area contributed by atoms with Crippen LogP contribution in [0.5, 0.6) is 0 Å². The standard InChI is InChI=1S/C17H22N4O2S/c22-11-5-4-10-21(14-8-9-14)12-15-19-20-17(24-15)16(23)18-13-6-2-1-3-7-13/h1-3,6-7,14,22H,4-5,8-12H2,(H,18,23). The van der Waals surface area contributed by atoms with Crippen LogP contribution in [0.1, 0.15) is 40.5 Å². The van der Waals surface area contributed by atoms with Gasteiger partial charge in [0, 0.05) is 18.3 Å². The Bertz CT molecular complexity index is 658. The fourth-order valence-electron chi connectivity index (χ4n) is 2.55. The molecule has 0 saturated heterocycles. The second-order valence-corrected chi connectivity index (χ2v) is 7.02. The van der Waals surface area contributed by atoms with Gasteiger partial charge in [-0.05, 0) is 44.4 Å². The largest absolute Gasteiger partial charge is 0.396 e. The first kappa shape index (κ1) is 17.0. The zero-order valence-electron chi connectivity index (χ0n) is 13.5. The summed E-state index contributed by atoms with van der Waals surface area (Å²) in [6, 6.07) is 9.96. The summed E-state index contributed by atoms with van der Waals surface area (Å²) in [6.45, 7) is 1.92. The van der Waals surface area contributed by atoms with Crippen LogP contribution >= 0.6 is 11.3 Å². The molecule has 1 aromatic heterocycles. The maximum atomic E-state index is 12.2. The maximum absolute atomic E-state index is 12.2. The number of unbranched alkanes of at least 4 members (excludes halogenated alkanes) is 1. The molecule has 7 heteroatoms. The van der Waals surface area contributed by atoms with Crippen molar-refractivity contribution in [2.24, 2.45) is 0 Å². The molecule has 0 radical (unpaired) electrons. The molecule has 1 aromatic carbocycles. The number of para-hydroxylation sites is 1. The Hall–Kier alpha value is -1.83. The molecular weight excluding hydrogens is 324 g/mol. The van der Waals surface area contributed by atoms with Crippen molar-refractivity contribution >= 4 is 22.9 Å². The lowest BCUT2D eigenvalue weighted by Crippen LogP contribution is -2.26. The highest BCUT2D eigenvalue weighted by atomic mass is 32.1. The van der Waals surface area contributed by atoms with Gasteiger partial charge >= 0.3 is 0 Å². The number of nitrogens with one attached hydrogen (secondary N) is 1. The average Bonchev–Trinajstić information content (AvgIpc) is 3.34. The summed E-state index contributed by atoms with van der Waals surface area (Å²) in [5, 5.41) is 21.2. The van der Waals surface area contributed by atoms with Gasteiger partial charge in [0.15, 0.2) is 0 Å². The first-order valence-corrected chi connectivity index (χ1v) is 9.11. The number of rotatable bonds is 9. The second-order valence-electron chi connectivity index (χ2n) is 5.95. The molecule has 1 heterocycles. The third kappa shape index (κ3) is 4.83. The topological polar surface area (TPSA) is 78.4 Å². The van der Waals surface area contributed by atoms with Crippen molar-refractivity contribution < 1.29 is 9.90 Å². The Balaban J connectivity index is 1.56. The molecule has 6 nitrogen and oxygen atoms in total. The number of carbonyl (C=O) groups excluding carboxylic acids is 1. The molecule has 2 N–H and O–H groups in total. The van der Waals surface area contributed by atoms with Crippen LogP contribution in [-0.2, 0) is 6.54 Å². The quantitative estimate of drug-likeness (QED) is 0.682. The van der Waals surface area contributed by atoms with Crippen LogP contribution in [-0.4, -0.2) is 45.3 Å². The van der Waals surface area contributed by atoms with Crippen molar-refractivity contribution in [1.82, 2.24) is 15.1 Å². The minimum absolute atomic E-state index is 0.219. The summed E-state index contributed by atoms with van der Waals surface area (Å²) in [5.74, 6) is -0.219. The molecular formula is C17H22N4O2S. The number of carbonyl (C=O) groups is 1. The maximum Gasteiger partial charge on any atom is 0.286 e. The van der Waals surface area contributed by atoms with Crippen molar-refractivity contribution in [3.63, 3.8) is 0 Å². The van der Waals surface area contributed by atoms with Gasteiger partial charge < -0.3 is 10.4 Å². The molecule has 0 spiro atoms. The van der Waals surface area contributed by atoms with Gasteiger partial charge in [0.2, 0.25) is 5.01 Å². The van der Waals surface area contributed by atoms with Crippen LogP contribution < -0.4 is 5.32 Å². The van der Waals surface area contributed by atoms with Gasteiger partial charge in [-0.3, -0.25) is 9.69 Å². The van der Waals surface area contributed by atoms with E-state index in [1.165, 1.54) is 24.2 Å². The van der Waals surface area contributed by atoms with Gasteiger partial charge in [-0.25, -0.2) is 0 Å². The van der Waals surface area contributed by atoms with E-state index in [0.717, 1.165) is 36.6 Å². The lowest BCUT2D eigenvalue weighted by Gasteiger charge is -2.19. The fraction of sp³-hybridized carbons (Fsp3) is 0.471. The first-order chi connectivity index (χ1) is 11.8. The number of nitrogens with zero attached hydrogens (tertiary/aromatic N) is 3. The summed E-state index contributed by atoms with van der Waals surface area (Å²) >= 11 is 1.35. The Labute approximate surface area is 145 Å². The molecule has 0 bridgehead atoms. The van der Waals surface area contributed by atoms with Gasteiger partial charge in [0.1, 0.15) is 5.01 Å². The summed E-state index contributed by atoms with van der Waals surface area (Å²) in [7, 11) is 0. The minimum atomic E-state index is -0.219. The molecule has 0 unspecified atom stereocenters. The molecule has 2 aromatic rings. The Morgan fingerprint density at radius 3 is 2.75 bits per heavy atom. The fourth-order valence-corrected chi connectivity index (χ4v) is 3.31. The zero-order valence-corrected chi connectivity index (χ0v) is 14.3. The average molecular weight is 346 g/mol. The second kappa shape index (κ2) is 8.32. The number of hydrogen-bond donors (Lipinski definition) is 2. The molecule has 0 atom stereocenters. The highest BCUT2D eigenvalue weighted by Crippen LogP contribution is 2.29. The van der Waals surface area contributed by atoms with Crippen molar-refractivity contribution in [2.45, 2.75) is 38.3 Å². The predicted molar refractivity (Wildman–Crippen MR) is 94.1 cm³/mol. The van der Waals surface area contributed by atoms with Crippen LogP contribution in [0.4, 0.5) is 5.69 Å². The summed E-state index contributed by atoms with van der Waals surface area (Å²) in [5.41, 5.74) is 0.753. The zero-order chi connectivity index (χ0) is 16.8. The third-order valence-electron chi connectivity index (χ3n) is 3.95. The number of amides is 1. The SMILES string of the molecule is O=C(Nc1ccccc1)c1nnc(CN(CCCCO)C2CC2)s1. The Morgan fingerprint density at radius 2 is 2.04 bits per heavy atom. The van der Waals surface area contributed by atoms with E-state index < -0.39 is 0 Å². The molecule has 1 fully saturated rings. The van der Waals surface area contributed by atoms with Crippen LogP contribution in [0.15, 0.2) is 30.3 Å². The molecule has 1 amide bonds. The first-order valence-electron chi connectivity index (χ1n) is 8.30. The van der Waals surface area contributed by atoms with E-state index in [4.69, 9.17) is 5.11 Å². The molecule has 1 aliphatic carbocycles. The van der Waals surface area contributed by atoms with Crippen LogP contribution in [0.25, 0.3) is 0 Å². The summed E-state index contributed by atoms with van der Waals surface area (Å²) < 4.78 is 0. The third-order valence-corrected chi connectivity index (χ3v) is 4.85. The van der Waals surface area contributed by atoms with Crippen LogP contribution in [0, 0.1) is 0 Å². The minimum Gasteiger partial charge on any atom is -0.396 e. The van der Waals surface area contributed by atoms with Crippen molar-refractivity contribution in [3.8, 4) is 0 Å². The van der Waals surface area contributed by atoms with Gasteiger partial charge in [0.25, 0.3) is 5.91 Å². The van der Waals surface area contributed by atoms with Crippen LogP contribution in [0.3, 0.4) is 0 Å². The molecule has 0 aliphatic heterocycles. The highest BCUT2D eigenvalue weighted by Gasteiger charge is 2.29. The number of benzene rings is 1. The molecule has 1 aliphatic rings. The van der Waals surface area contributed by atoms with E-state index in [2.05, 4.69) is 20.4 Å². The Kier molecular flexibility index (Phi) is 5.90. The van der Waals surface area contributed by atoms with Gasteiger partial charge in [0.05, 0.1) is 6.54 Å². The van der Waals surface area contributed by atoms with E-state index in [1.54, 1.807) is 0 Å². The van der Waals surface area contributed by atoms with Gasteiger partial charge in [-0.15, -0.1) is 10.2 Å². The number of hydrogen-bond acceptors (Lipinski definition) is 6. The van der Waals surface area contributed by atoms with E-state index in [0.29, 0.717) is 11.0 Å². The van der Waals surface area contributed by atoms with E-state index in [9.17, 15) is 4.79 Å². The van der Waals surface area contributed by atoms with Crippen LogP contribution in [0.2, 0.25) is 0 Å². The molecule has 128 valence electrons. The van der Waals surface area contributed by atoms with Crippen molar-refractivity contribution in [3.05, 3.63) is 40.3 Å². The van der Waals surface area contributed by atoms with E-state index in [-0.39, 0.29) is 12.5 Å². The smallest absolute Gasteiger partial charge is 0.286 e. The normalized spacial score (nSPS) is 14.1. The number of aliphatic hydroxyl groups is 1. The van der Waals surface area contributed by atoms with E-state index in [1.807, 2.05) is 30.3 Å². The molecule has 3 rings (SSSR count). The van der Waals surface area contributed by atoms with Crippen molar-refractivity contribution in [2.75, 3.05) is 18.5 Å². The van der Waals surface area contributed by atoms with Gasteiger partial charge in [-0.2, -0.15) is 0 Å². The summed E-state index contributed by atoms with van der Waals surface area (Å²) in [6.07, 6.45) is 4.25. The van der Waals surface area contributed by atoms with E-state index >= 15 is 0 Å². The molecule has 24 heavy (non-hydrogen) atoms. The lowest BCUT2D eigenvalue weighted by atomic mass is 10.3. The highest BCUT2D eigenvalue weighted by molar-refractivity contribution is 7.13. The van der Waals surface area contributed by atoms with Gasteiger partial charge in [-0.1, -0.05) is 29.5 Å². The summed E-state index contributed by atoms with van der Waals surface area (Å²) in [4.78, 5) is 14.6. The Morgan fingerprint density at radius 1 is 1.25 bits per heavy atom. The number of aliphatic hydroxyl groups excluding tert-OH is 1. The van der Waals surface area contributed by atoms with Crippen molar-refractivity contribution in [1.29, 1.82) is 0 Å². The molecule has 1 saturated carbocycles. The number of anilines is 1. The number of aromatic nitrogens is 2. The monoisotopic (exact) mass is 346 g/mol. The predicted octanol–water partition coefficient (Wildman–Crippen LogP) is 2.53. The lowest BCUT2D eigenvalue weighted by molar-refractivity contribution is 0.102.